The quantitative estimate of drug-likeness (QED) is 0.254. The van der Waals surface area contributed by atoms with Gasteiger partial charge < -0.3 is 28.6 Å². The number of rotatable bonds is 12. The van der Waals surface area contributed by atoms with Crippen LogP contribution in [0.3, 0.4) is 0 Å². The Morgan fingerprint density at radius 1 is 0.725 bits per heavy atom. The van der Waals surface area contributed by atoms with Crippen molar-refractivity contribution in [2.45, 2.75) is 67.4 Å². The second kappa shape index (κ2) is 13.0. The highest BCUT2D eigenvalue weighted by atomic mass is 32.2. The number of ether oxygens (including phenoxy) is 5. The lowest BCUT2D eigenvalue weighted by Gasteiger charge is -2.48. The van der Waals surface area contributed by atoms with Crippen LogP contribution in [0.2, 0.25) is 0 Å². The minimum atomic E-state index is -0.116. The van der Waals surface area contributed by atoms with E-state index in [4.69, 9.17) is 23.7 Å². The zero-order chi connectivity index (χ0) is 29.0. The number of nitrogens with zero attached hydrogens (tertiary/aromatic N) is 1. The van der Waals surface area contributed by atoms with Crippen molar-refractivity contribution in [1.29, 1.82) is 0 Å². The van der Waals surface area contributed by atoms with E-state index < -0.39 is 0 Å². The Morgan fingerprint density at radius 3 is 1.80 bits per heavy atom. The highest BCUT2D eigenvalue weighted by Gasteiger charge is 2.45. The van der Waals surface area contributed by atoms with Gasteiger partial charge in [0.05, 0.1) is 39.6 Å². The van der Waals surface area contributed by atoms with Gasteiger partial charge >= 0.3 is 0 Å². The molecule has 8 heteroatoms. The number of methoxy groups -OCH3 is 5. The maximum atomic E-state index is 5.77. The summed E-state index contributed by atoms with van der Waals surface area (Å²) in [6, 6.07) is 10.8. The van der Waals surface area contributed by atoms with Crippen LogP contribution in [0.1, 0.15) is 63.5 Å². The molecule has 0 spiro atoms. The summed E-state index contributed by atoms with van der Waals surface area (Å²) in [4.78, 5) is 2.60. The average Bonchev–Trinajstić information content (AvgIpc) is 3.45. The van der Waals surface area contributed by atoms with Gasteiger partial charge in [-0.3, -0.25) is 0 Å². The molecule has 2 aromatic carbocycles. The molecule has 0 radical (unpaired) electrons. The first-order chi connectivity index (χ1) is 19.2. The largest absolute Gasteiger partial charge is 0.493 e. The lowest BCUT2D eigenvalue weighted by Crippen LogP contribution is -2.50. The SMILES string of the molecule is COc1ccc(C2(CN(C)C(C)(C)CC3(c4cc(OC)c(OC)c(OC)c4)SCCCS3)CCCC2)cc1OC. The molecule has 4 rings (SSSR count). The highest BCUT2D eigenvalue weighted by molar-refractivity contribution is 8.18. The van der Waals surface area contributed by atoms with Gasteiger partial charge in [-0.15, -0.1) is 23.5 Å². The molecule has 0 amide bonds. The van der Waals surface area contributed by atoms with Crippen molar-refractivity contribution in [3.8, 4) is 28.7 Å². The maximum absolute atomic E-state index is 5.77. The van der Waals surface area contributed by atoms with Crippen LogP contribution in [-0.2, 0) is 9.49 Å². The first-order valence-electron chi connectivity index (χ1n) is 14.2. The molecule has 0 aromatic heterocycles. The summed E-state index contributed by atoms with van der Waals surface area (Å²) in [6.45, 7) is 5.80. The normalized spacial score (nSPS) is 18.4. The fourth-order valence-corrected chi connectivity index (χ4v) is 10.1. The predicted molar refractivity (Wildman–Crippen MR) is 168 cm³/mol. The number of hydrogen-bond acceptors (Lipinski definition) is 8. The molecule has 1 aliphatic carbocycles. The summed E-state index contributed by atoms with van der Waals surface area (Å²) < 4.78 is 28.3. The van der Waals surface area contributed by atoms with Crippen LogP contribution in [0, 0.1) is 0 Å². The molecule has 40 heavy (non-hydrogen) atoms. The topological polar surface area (TPSA) is 49.4 Å². The third-order valence-electron chi connectivity index (χ3n) is 8.86. The van der Waals surface area contributed by atoms with E-state index in [0.717, 1.165) is 36.0 Å². The van der Waals surface area contributed by atoms with Crippen molar-refractivity contribution in [3.63, 3.8) is 0 Å². The third kappa shape index (κ3) is 6.14. The lowest BCUT2D eigenvalue weighted by molar-refractivity contribution is 0.107. The Morgan fingerprint density at radius 2 is 1.27 bits per heavy atom. The zero-order valence-electron chi connectivity index (χ0n) is 25.6. The van der Waals surface area contributed by atoms with Crippen molar-refractivity contribution in [2.75, 3.05) is 60.6 Å². The van der Waals surface area contributed by atoms with Gasteiger partial charge in [-0.2, -0.15) is 0 Å². The Hall–Kier alpha value is -1.90. The molecule has 0 bridgehead atoms. The molecule has 2 fully saturated rings. The van der Waals surface area contributed by atoms with E-state index in [9.17, 15) is 0 Å². The Kier molecular flexibility index (Phi) is 10.1. The zero-order valence-corrected chi connectivity index (χ0v) is 27.2. The first-order valence-corrected chi connectivity index (χ1v) is 16.2. The van der Waals surface area contributed by atoms with Crippen LogP contribution in [0.15, 0.2) is 30.3 Å². The molecule has 1 saturated carbocycles. The molecule has 2 aliphatic rings. The summed E-state index contributed by atoms with van der Waals surface area (Å²) in [5.74, 6) is 5.94. The number of hydrogen-bond donors (Lipinski definition) is 0. The molecule has 1 aliphatic heterocycles. The molecule has 2 aromatic rings. The van der Waals surface area contributed by atoms with Crippen LogP contribution in [0.4, 0.5) is 0 Å². The van der Waals surface area contributed by atoms with E-state index in [2.05, 4.69) is 79.7 Å². The van der Waals surface area contributed by atoms with Gasteiger partial charge in [0.2, 0.25) is 5.75 Å². The van der Waals surface area contributed by atoms with Gasteiger partial charge in [0.15, 0.2) is 23.0 Å². The van der Waals surface area contributed by atoms with Gasteiger partial charge in [-0.05, 0) is 93.5 Å². The maximum Gasteiger partial charge on any atom is 0.203 e. The van der Waals surface area contributed by atoms with Crippen molar-refractivity contribution in [2.24, 2.45) is 0 Å². The second-order valence-corrected chi connectivity index (χ2v) is 14.7. The molecule has 6 nitrogen and oxygen atoms in total. The molecule has 0 N–H and O–H groups in total. The summed E-state index contributed by atoms with van der Waals surface area (Å²) in [5, 5.41) is 0. The van der Waals surface area contributed by atoms with Crippen molar-refractivity contribution >= 4 is 23.5 Å². The van der Waals surface area contributed by atoms with Gasteiger partial charge in [-0.25, -0.2) is 0 Å². The standard InChI is InChI=1S/C32H47NO5S2/c1-30(2,33(3)22-31(14-9-10-15-31)23-12-13-25(34-4)26(18-23)35-5)21-32(39-16-11-17-40-32)24-19-27(36-6)29(38-8)28(20-24)37-7/h12-13,18-20H,9-11,14-17,21-22H2,1-8H3. The van der Waals surface area contributed by atoms with E-state index in [-0.39, 0.29) is 15.0 Å². The van der Waals surface area contributed by atoms with Crippen LogP contribution in [0.25, 0.3) is 0 Å². The van der Waals surface area contributed by atoms with Crippen LogP contribution < -0.4 is 23.7 Å². The van der Waals surface area contributed by atoms with Crippen LogP contribution >= 0.6 is 23.5 Å². The third-order valence-corrected chi connectivity index (χ3v) is 12.2. The van der Waals surface area contributed by atoms with Gasteiger partial charge in [0.1, 0.15) is 0 Å². The summed E-state index contributed by atoms with van der Waals surface area (Å²) in [6.07, 6.45) is 7.09. The van der Waals surface area contributed by atoms with Gasteiger partial charge in [-0.1, -0.05) is 18.9 Å². The molecule has 1 saturated heterocycles. The number of benzene rings is 2. The van der Waals surface area contributed by atoms with E-state index in [1.54, 1.807) is 35.5 Å². The monoisotopic (exact) mass is 589 g/mol. The summed E-state index contributed by atoms with van der Waals surface area (Å²) in [7, 11) is 10.8. The number of likely N-dealkylation sites (N-methyl/N-ethyl adjacent to an activating group) is 1. The van der Waals surface area contributed by atoms with E-state index in [1.807, 2.05) is 0 Å². The minimum absolute atomic E-state index is 0.0656. The number of thioether (sulfide) groups is 2. The second-order valence-electron chi connectivity index (χ2n) is 11.6. The Bertz CT molecular complexity index is 1120. The average molecular weight is 590 g/mol. The minimum Gasteiger partial charge on any atom is -0.493 e. The van der Waals surface area contributed by atoms with E-state index >= 15 is 0 Å². The Balaban J connectivity index is 1.66. The van der Waals surface area contributed by atoms with E-state index in [1.165, 1.54) is 43.2 Å². The van der Waals surface area contributed by atoms with Crippen molar-refractivity contribution in [3.05, 3.63) is 41.5 Å². The predicted octanol–water partition coefficient (Wildman–Crippen LogP) is 7.37. The molecule has 0 atom stereocenters. The molecular weight excluding hydrogens is 542 g/mol. The lowest BCUT2D eigenvalue weighted by atomic mass is 9.77. The Labute approximate surface area is 249 Å². The molecule has 222 valence electrons. The summed E-state index contributed by atoms with van der Waals surface area (Å²) in [5.41, 5.74) is 2.61. The fourth-order valence-electron chi connectivity index (χ4n) is 6.37. The molecule has 1 heterocycles. The van der Waals surface area contributed by atoms with Crippen molar-refractivity contribution in [1.82, 2.24) is 4.90 Å². The smallest absolute Gasteiger partial charge is 0.203 e. The fraction of sp³-hybridized carbons (Fsp3) is 0.625. The summed E-state index contributed by atoms with van der Waals surface area (Å²) >= 11 is 4.12. The van der Waals surface area contributed by atoms with Crippen LogP contribution in [0.5, 0.6) is 28.7 Å². The molecule has 0 unspecified atom stereocenters. The van der Waals surface area contributed by atoms with Crippen LogP contribution in [-0.4, -0.2) is 71.1 Å². The molecular formula is C32H47NO5S2. The van der Waals surface area contributed by atoms with E-state index in [0.29, 0.717) is 17.2 Å². The van der Waals surface area contributed by atoms with Gasteiger partial charge in [0.25, 0.3) is 0 Å². The van der Waals surface area contributed by atoms with Gasteiger partial charge in [0, 0.05) is 17.5 Å². The highest BCUT2D eigenvalue weighted by Crippen LogP contribution is 2.58. The first kappa shape index (κ1) is 31.0. The van der Waals surface area contributed by atoms with Crippen molar-refractivity contribution < 1.29 is 23.7 Å².